The molecule has 6 heteroatoms. The number of rotatable bonds is 5. The predicted molar refractivity (Wildman–Crippen MR) is 128 cm³/mol. The molecule has 0 bridgehead atoms. The Labute approximate surface area is 187 Å². The maximum Gasteiger partial charge on any atom is 0.248 e. The summed E-state index contributed by atoms with van der Waals surface area (Å²) in [5, 5.41) is 0. The summed E-state index contributed by atoms with van der Waals surface area (Å²) in [6.07, 6.45) is 0.444. The van der Waals surface area contributed by atoms with Gasteiger partial charge in [0.1, 0.15) is 6.54 Å². The Bertz CT molecular complexity index is 1050. The zero-order valence-electron chi connectivity index (χ0n) is 17.4. The third-order valence-electron chi connectivity index (χ3n) is 4.67. The second kappa shape index (κ2) is 11.1. The monoisotopic (exact) mass is 431 g/mol. The van der Waals surface area contributed by atoms with Gasteiger partial charge in [0.2, 0.25) is 11.8 Å². The molecule has 5 nitrogen and oxygen atoms in total. The average Bonchev–Trinajstić information content (AvgIpc) is 2.92. The largest absolute Gasteiger partial charge is 0.370 e. The number of carbonyl (C=O) groups excluding carboxylic acids is 2. The molecule has 0 radical (unpaired) electrons. The fourth-order valence-electron chi connectivity index (χ4n) is 3.07. The van der Waals surface area contributed by atoms with Gasteiger partial charge in [-0.2, -0.15) is 0 Å². The maximum absolute atomic E-state index is 12.0. The second-order valence-corrected chi connectivity index (χ2v) is 8.05. The van der Waals surface area contributed by atoms with E-state index in [2.05, 4.69) is 4.99 Å². The Balaban J connectivity index is 0.000000196. The normalized spacial score (nSPS) is 12.7. The molecule has 0 aliphatic carbocycles. The summed E-state index contributed by atoms with van der Waals surface area (Å²) >= 11 is 1.65. The first kappa shape index (κ1) is 22.3. The minimum Gasteiger partial charge on any atom is -0.370 e. The lowest BCUT2D eigenvalue weighted by Crippen LogP contribution is -2.27. The molecule has 0 spiro atoms. The summed E-state index contributed by atoms with van der Waals surface area (Å²) in [5.74, 6) is 0.538. The van der Waals surface area contributed by atoms with Gasteiger partial charge in [-0.3, -0.25) is 14.6 Å². The van der Waals surface area contributed by atoms with Crippen molar-refractivity contribution in [1.29, 1.82) is 0 Å². The van der Waals surface area contributed by atoms with Gasteiger partial charge >= 0.3 is 0 Å². The summed E-state index contributed by atoms with van der Waals surface area (Å²) in [6, 6.07) is 27.8. The Morgan fingerprint density at radius 1 is 0.968 bits per heavy atom. The standard InChI is InChI=1S/C16H14N2O.C9H11NOS/c1-18-14-10-6-5-9-13(14)16(17-11-15(18)19)12-7-3-2-4-8-12;10-9(11)6-7-12-8-4-2-1-3-5-8/h2-10H,11H2,1H3;1-5H,6-7H2,(H2,10,11). The molecule has 3 aromatic rings. The second-order valence-electron chi connectivity index (χ2n) is 6.88. The lowest BCUT2D eigenvalue weighted by molar-refractivity contribution is -0.118. The zero-order chi connectivity index (χ0) is 22.1. The topological polar surface area (TPSA) is 75.8 Å². The molecule has 1 aliphatic rings. The number of likely N-dealkylation sites (N-methyl/N-ethyl adjacent to an activating group) is 1. The highest BCUT2D eigenvalue weighted by atomic mass is 32.2. The van der Waals surface area contributed by atoms with Crippen molar-refractivity contribution >= 4 is 35.0 Å². The van der Waals surface area contributed by atoms with E-state index in [1.54, 1.807) is 23.7 Å². The average molecular weight is 432 g/mol. The van der Waals surface area contributed by atoms with Crippen molar-refractivity contribution in [3.63, 3.8) is 0 Å². The molecule has 0 atom stereocenters. The van der Waals surface area contributed by atoms with Gasteiger partial charge in [-0.15, -0.1) is 11.8 Å². The summed E-state index contributed by atoms with van der Waals surface area (Å²) < 4.78 is 0. The van der Waals surface area contributed by atoms with E-state index >= 15 is 0 Å². The van der Waals surface area contributed by atoms with Crippen molar-refractivity contribution in [2.24, 2.45) is 10.7 Å². The molecule has 0 saturated heterocycles. The van der Waals surface area contributed by atoms with Crippen LogP contribution in [0.2, 0.25) is 0 Å². The molecular weight excluding hydrogens is 406 g/mol. The Hall–Kier alpha value is -3.38. The quantitative estimate of drug-likeness (QED) is 0.617. The van der Waals surface area contributed by atoms with Gasteiger partial charge in [0.25, 0.3) is 0 Å². The number of benzene rings is 3. The number of hydrogen-bond acceptors (Lipinski definition) is 4. The van der Waals surface area contributed by atoms with Crippen LogP contribution in [0.1, 0.15) is 17.5 Å². The maximum atomic E-state index is 12.0. The van der Waals surface area contributed by atoms with Crippen LogP contribution < -0.4 is 10.6 Å². The van der Waals surface area contributed by atoms with Crippen molar-refractivity contribution in [1.82, 2.24) is 0 Å². The van der Waals surface area contributed by atoms with Gasteiger partial charge in [0.15, 0.2) is 0 Å². The van der Waals surface area contributed by atoms with Crippen LogP contribution in [0.4, 0.5) is 5.69 Å². The van der Waals surface area contributed by atoms with Crippen LogP contribution in [0.15, 0.2) is 94.8 Å². The molecule has 1 aliphatic heterocycles. The molecule has 2 amide bonds. The molecule has 1 heterocycles. The number of nitrogens with zero attached hydrogens (tertiary/aromatic N) is 2. The van der Waals surface area contributed by atoms with Crippen LogP contribution in [0.3, 0.4) is 0 Å². The highest BCUT2D eigenvalue weighted by molar-refractivity contribution is 7.99. The number of anilines is 1. The van der Waals surface area contributed by atoms with Gasteiger partial charge in [0, 0.05) is 35.2 Å². The number of primary amides is 1. The van der Waals surface area contributed by atoms with Crippen molar-refractivity contribution in [2.75, 3.05) is 24.2 Å². The molecule has 2 N–H and O–H groups in total. The lowest BCUT2D eigenvalue weighted by Gasteiger charge is -2.17. The molecule has 0 fully saturated rings. The van der Waals surface area contributed by atoms with Crippen LogP contribution >= 0.6 is 11.8 Å². The molecule has 0 aromatic heterocycles. The minimum atomic E-state index is -0.238. The van der Waals surface area contributed by atoms with E-state index in [-0.39, 0.29) is 18.4 Å². The Morgan fingerprint density at radius 3 is 2.26 bits per heavy atom. The number of carbonyl (C=O) groups is 2. The number of hydrogen-bond donors (Lipinski definition) is 1. The van der Waals surface area contributed by atoms with Gasteiger partial charge in [0.05, 0.1) is 11.4 Å². The van der Waals surface area contributed by atoms with E-state index in [9.17, 15) is 9.59 Å². The first-order valence-electron chi connectivity index (χ1n) is 9.98. The highest BCUT2D eigenvalue weighted by Crippen LogP contribution is 2.25. The van der Waals surface area contributed by atoms with Crippen molar-refractivity contribution in [3.8, 4) is 0 Å². The minimum absolute atomic E-state index is 0.0124. The summed E-state index contributed by atoms with van der Waals surface area (Å²) in [5.41, 5.74) is 8.84. The molecular formula is C25H25N3O2S. The molecule has 3 aromatic carbocycles. The third-order valence-corrected chi connectivity index (χ3v) is 5.69. The van der Waals surface area contributed by atoms with E-state index in [1.165, 1.54) is 4.90 Å². The van der Waals surface area contributed by atoms with Gasteiger partial charge in [-0.1, -0.05) is 66.7 Å². The predicted octanol–water partition coefficient (Wildman–Crippen LogP) is 4.15. The van der Waals surface area contributed by atoms with Gasteiger partial charge in [-0.05, 0) is 18.2 Å². The first-order valence-corrected chi connectivity index (χ1v) is 11.0. The van der Waals surface area contributed by atoms with E-state index in [4.69, 9.17) is 5.73 Å². The molecule has 0 saturated carbocycles. The summed E-state index contributed by atoms with van der Waals surface area (Å²) in [4.78, 5) is 29.7. The van der Waals surface area contributed by atoms with Crippen molar-refractivity contribution in [2.45, 2.75) is 11.3 Å². The molecule has 4 rings (SSSR count). The number of para-hydroxylation sites is 1. The number of amides is 2. The number of thioether (sulfide) groups is 1. The van der Waals surface area contributed by atoms with E-state index < -0.39 is 0 Å². The fraction of sp³-hybridized carbons (Fsp3) is 0.160. The third kappa shape index (κ3) is 6.30. The lowest BCUT2D eigenvalue weighted by atomic mass is 10.0. The smallest absolute Gasteiger partial charge is 0.248 e. The molecule has 0 unspecified atom stereocenters. The van der Waals surface area contributed by atoms with E-state index in [1.807, 2.05) is 84.9 Å². The number of nitrogens with two attached hydrogens (primary N) is 1. The Morgan fingerprint density at radius 2 is 1.58 bits per heavy atom. The van der Waals surface area contributed by atoms with Crippen LogP contribution in [0.25, 0.3) is 0 Å². The van der Waals surface area contributed by atoms with Crippen LogP contribution in [-0.2, 0) is 9.59 Å². The van der Waals surface area contributed by atoms with E-state index in [0.717, 1.165) is 28.3 Å². The van der Waals surface area contributed by atoms with Crippen LogP contribution in [-0.4, -0.2) is 36.9 Å². The molecule has 31 heavy (non-hydrogen) atoms. The zero-order valence-corrected chi connectivity index (χ0v) is 18.2. The number of benzodiazepines with no additional fused rings is 1. The summed E-state index contributed by atoms with van der Waals surface area (Å²) in [6.45, 7) is 0.190. The van der Waals surface area contributed by atoms with Gasteiger partial charge < -0.3 is 10.6 Å². The van der Waals surface area contributed by atoms with Crippen LogP contribution in [0.5, 0.6) is 0 Å². The van der Waals surface area contributed by atoms with Crippen molar-refractivity contribution < 1.29 is 9.59 Å². The van der Waals surface area contributed by atoms with Crippen molar-refractivity contribution in [3.05, 3.63) is 96.1 Å². The first-order chi connectivity index (χ1) is 15.1. The summed E-state index contributed by atoms with van der Waals surface area (Å²) in [7, 11) is 1.80. The highest BCUT2D eigenvalue weighted by Gasteiger charge is 2.21. The molecule has 158 valence electrons. The fourth-order valence-corrected chi connectivity index (χ4v) is 3.96. The van der Waals surface area contributed by atoms with Gasteiger partial charge in [-0.25, -0.2) is 0 Å². The van der Waals surface area contributed by atoms with Crippen LogP contribution in [0, 0.1) is 0 Å². The van der Waals surface area contributed by atoms with E-state index in [0.29, 0.717) is 6.42 Å². The number of fused-ring (bicyclic) bond motifs is 1. The number of aliphatic imine (C=N–C) groups is 1. The SMILES string of the molecule is CN1C(=O)CN=C(c2ccccc2)c2ccccc21.NC(=O)CCSc1ccccc1. The Kier molecular flexibility index (Phi) is 8.01.